The molecular formula is C34H42O8Si. The van der Waals surface area contributed by atoms with Crippen molar-refractivity contribution in [2.45, 2.75) is 63.4 Å². The van der Waals surface area contributed by atoms with Gasteiger partial charge in [-0.25, -0.2) is 0 Å². The largest absolute Gasteiger partial charge is 0.497 e. The van der Waals surface area contributed by atoms with E-state index in [-0.39, 0.29) is 18.3 Å². The number of aliphatic hydroxyl groups excluding tert-OH is 1. The fourth-order valence-corrected chi connectivity index (χ4v) is 10.1. The van der Waals surface area contributed by atoms with Crippen molar-refractivity contribution >= 4 is 24.7 Å². The average Bonchev–Trinajstić information content (AvgIpc) is 2.99. The van der Waals surface area contributed by atoms with E-state index in [1.54, 1.807) is 37.5 Å². The van der Waals surface area contributed by atoms with Crippen molar-refractivity contribution in [3.05, 3.63) is 97.6 Å². The second-order valence-corrected chi connectivity index (χ2v) is 15.8. The summed E-state index contributed by atoms with van der Waals surface area (Å²) < 4.78 is 36.5. The van der Waals surface area contributed by atoms with Crippen LogP contribution in [0.2, 0.25) is 5.04 Å². The highest BCUT2D eigenvalue weighted by atomic mass is 28.4. The van der Waals surface area contributed by atoms with Crippen molar-refractivity contribution in [3.8, 4) is 11.5 Å². The minimum atomic E-state index is -2.95. The second-order valence-electron chi connectivity index (χ2n) is 11.5. The van der Waals surface area contributed by atoms with Crippen LogP contribution in [0, 0.1) is 0 Å². The van der Waals surface area contributed by atoms with E-state index in [0.717, 1.165) is 10.4 Å². The van der Waals surface area contributed by atoms with Gasteiger partial charge in [-0.3, -0.25) is 4.79 Å². The predicted molar refractivity (Wildman–Crippen MR) is 167 cm³/mol. The summed E-state index contributed by atoms with van der Waals surface area (Å²) in [5.74, 6) is 0.569. The molecule has 1 fully saturated rings. The van der Waals surface area contributed by atoms with Crippen LogP contribution in [0.5, 0.6) is 11.5 Å². The molecule has 1 N–H and O–H groups in total. The van der Waals surface area contributed by atoms with Gasteiger partial charge < -0.3 is 33.2 Å². The summed E-state index contributed by atoms with van der Waals surface area (Å²) in [5.41, 5.74) is 0. The Labute approximate surface area is 255 Å². The van der Waals surface area contributed by atoms with Crippen LogP contribution in [0.15, 0.2) is 97.6 Å². The Kier molecular flexibility index (Phi) is 10.8. The minimum Gasteiger partial charge on any atom is -0.497 e. The number of hydrogen-bond acceptors (Lipinski definition) is 8. The maximum absolute atomic E-state index is 12.2. The minimum absolute atomic E-state index is 0.0393. The van der Waals surface area contributed by atoms with Crippen LogP contribution in [0.3, 0.4) is 0 Å². The van der Waals surface area contributed by atoms with E-state index < -0.39 is 45.0 Å². The van der Waals surface area contributed by atoms with Crippen LogP contribution in [0.25, 0.3) is 0 Å². The van der Waals surface area contributed by atoms with Crippen molar-refractivity contribution < 1.29 is 38.0 Å². The van der Waals surface area contributed by atoms with Gasteiger partial charge in [0.2, 0.25) is 6.29 Å². The molecule has 0 bridgehead atoms. The lowest BCUT2D eigenvalue weighted by Gasteiger charge is -2.46. The normalized spacial score (nSPS) is 22.4. The number of ether oxygens (including phenoxy) is 5. The SMILES string of the molecule is C=CCO[C@H]1[C@@H](O)[C@@H](CO[Si](c2ccccc2)(c2ccccc2)C(C)(C)C)O[C@@H](Oc2ccc(OC)cc2)[C@@H]1OC(C)=O. The molecule has 1 aliphatic heterocycles. The number of methoxy groups -OCH3 is 1. The number of carbonyl (C=O) groups is 1. The molecule has 3 aromatic carbocycles. The van der Waals surface area contributed by atoms with Gasteiger partial charge in [-0.15, -0.1) is 6.58 Å². The lowest BCUT2D eigenvalue weighted by Crippen LogP contribution is -2.68. The van der Waals surface area contributed by atoms with Gasteiger partial charge in [0, 0.05) is 6.92 Å². The molecule has 1 saturated heterocycles. The first kappa shape index (κ1) is 32.4. The zero-order valence-corrected chi connectivity index (χ0v) is 26.5. The third kappa shape index (κ3) is 7.37. The lowest BCUT2D eigenvalue weighted by molar-refractivity contribution is -0.287. The van der Waals surface area contributed by atoms with E-state index in [2.05, 4.69) is 51.6 Å². The second kappa shape index (κ2) is 14.3. The average molecular weight is 607 g/mol. The molecule has 0 unspecified atom stereocenters. The molecule has 230 valence electrons. The molecular weight excluding hydrogens is 564 g/mol. The Hall–Kier alpha value is -3.47. The maximum atomic E-state index is 12.2. The van der Waals surface area contributed by atoms with Gasteiger partial charge >= 0.3 is 5.97 Å². The Morgan fingerprint density at radius 1 is 0.930 bits per heavy atom. The molecule has 0 amide bonds. The summed E-state index contributed by atoms with van der Waals surface area (Å²) in [4.78, 5) is 12.2. The number of aliphatic hydroxyl groups is 1. The summed E-state index contributed by atoms with van der Waals surface area (Å²) in [5, 5.41) is 13.5. The van der Waals surface area contributed by atoms with Gasteiger partial charge in [0.15, 0.2) is 6.10 Å². The Bertz CT molecular complexity index is 1270. The van der Waals surface area contributed by atoms with Crippen molar-refractivity contribution in [1.82, 2.24) is 0 Å². The van der Waals surface area contributed by atoms with Crippen LogP contribution in [0.1, 0.15) is 27.7 Å². The third-order valence-corrected chi connectivity index (χ3v) is 12.5. The Morgan fingerprint density at radius 3 is 1.98 bits per heavy atom. The van der Waals surface area contributed by atoms with E-state index in [9.17, 15) is 9.90 Å². The van der Waals surface area contributed by atoms with Gasteiger partial charge in [-0.1, -0.05) is 87.5 Å². The smallest absolute Gasteiger partial charge is 0.303 e. The third-order valence-electron chi connectivity index (χ3n) is 7.52. The summed E-state index contributed by atoms with van der Waals surface area (Å²) in [6, 6.07) is 27.4. The van der Waals surface area contributed by atoms with Gasteiger partial charge in [0.1, 0.15) is 29.8 Å². The van der Waals surface area contributed by atoms with E-state index in [1.807, 2.05) is 36.4 Å². The molecule has 43 heavy (non-hydrogen) atoms. The van der Waals surface area contributed by atoms with E-state index in [0.29, 0.717) is 11.5 Å². The fourth-order valence-electron chi connectivity index (χ4n) is 5.57. The number of esters is 1. The predicted octanol–water partition coefficient (Wildman–Crippen LogP) is 4.24. The van der Waals surface area contributed by atoms with Crippen LogP contribution in [-0.4, -0.2) is 70.4 Å². The first-order chi connectivity index (χ1) is 20.6. The molecule has 8 nitrogen and oxygen atoms in total. The Morgan fingerprint density at radius 2 is 1.49 bits per heavy atom. The van der Waals surface area contributed by atoms with Crippen molar-refractivity contribution in [3.63, 3.8) is 0 Å². The maximum Gasteiger partial charge on any atom is 0.303 e. The number of rotatable bonds is 12. The summed E-state index contributed by atoms with van der Waals surface area (Å²) in [7, 11) is -1.37. The van der Waals surface area contributed by atoms with E-state index in [4.69, 9.17) is 28.1 Å². The molecule has 0 radical (unpaired) electrons. The highest BCUT2D eigenvalue weighted by molar-refractivity contribution is 6.99. The Balaban J connectivity index is 1.71. The quantitative estimate of drug-likeness (QED) is 0.186. The monoisotopic (exact) mass is 606 g/mol. The molecule has 3 aromatic rings. The molecule has 5 atom stereocenters. The van der Waals surface area contributed by atoms with Crippen molar-refractivity contribution in [2.24, 2.45) is 0 Å². The first-order valence-corrected chi connectivity index (χ1v) is 16.3. The van der Waals surface area contributed by atoms with Crippen molar-refractivity contribution in [2.75, 3.05) is 20.3 Å². The molecule has 0 spiro atoms. The molecule has 9 heteroatoms. The molecule has 4 rings (SSSR count). The highest BCUT2D eigenvalue weighted by Gasteiger charge is 2.53. The fraction of sp³-hybridized carbons (Fsp3) is 0.382. The number of benzene rings is 3. The topological polar surface area (TPSA) is 92.7 Å². The highest BCUT2D eigenvalue weighted by Crippen LogP contribution is 2.38. The van der Waals surface area contributed by atoms with Crippen molar-refractivity contribution in [1.29, 1.82) is 0 Å². The van der Waals surface area contributed by atoms with Crippen LogP contribution >= 0.6 is 0 Å². The molecule has 0 saturated carbocycles. The zero-order chi connectivity index (χ0) is 31.0. The van der Waals surface area contributed by atoms with Gasteiger partial charge in [-0.2, -0.15) is 0 Å². The van der Waals surface area contributed by atoms with Crippen LogP contribution in [-0.2, 0) is 23.4 Å². The summed E-state index contributed by atoms with van der Waals surface area (Å²) >= 11 is 0. The van der Waals surface area contributed by atoms with Gasteiger partial charge in [0.25, 0.3) is 8.32 Å². The number of hydrogen-bond donors (Lipinski definition) is 1. The molecule has 0 aliphatic carbocycles. The molecule has 1 heterocycles. The van der Waals surface area contributed by atoms with Gasteiger partial charge in [-0.05, 0) is 39.7 Å². The zero-order valence-electron chi connectivity index (χ0n) is 25.5. The summed E-state index contributed by atoms with van der Waals surface area (Å²) in [6.07, 6.45) is -3.61. The molecule has 1 aliphatic rings. The van der Waals surface area contributed by atoms with Crippen LogP contribution < -0.4 is 19.8 Å². The summed E-state index contributed by atoms with van der Waals surface area (Å²) in [6.45, 7) is 11.7. The molecule has 0 aromatic heterocycles. The first-order valence-electron chi connectivity index (χ1n) is 14.4. The van der Waals surface area contributed by atoms with Crippen LogP contribution in [0.4, 0.5) is 0 Å². The van der Waals surface area contributed by atoms with E-state index >= 15 is 0 Å². The number of carbonyl (C=O) groups excluding carboxylic acids is 1. The van der Waals surface area contributed by atoms with Gasteiger partial charge in [0.05, 0.1) is 20.3 Å². The standard InChI is InChI=1S/C34H42O8Si/c1-7-22-38-31-30(36)29(42-33(32(31)40-24(2)35)41-26-20-18-25(37-6)19-21-26)23-39-43(34(3,4)5,27-14-10-8-11-15-27)28-16-12-9-13-17-28/h7-21,29-33,36H,1,22-23H2,2-6H3/t29-,30+,31+,32-,33-/m1/s1. The van der Waals surface area contributed by atoms with E-state index in [1.165, 1.54) is 6.92 Å². The lowest BCUT2D eigenvalue weighted by atomic mass is 9.98.